The van der Waals surface area contributed by atoms with Crippen molar-refractivity contribution in [2.75, 3.05) is 7.05 Å². The first-order chi connectivity index (χ1) is 5.04. The highest BCUT2D eigenvalue weighted by Gasteiger charge is 1.67. The molecule has 0 bridgehead atoms. The van der Waals surface area contributed by atoms with Crippen LogP contribution >= 0.6 is 0 Å². The van der Waals surface area contributed by atoms with E-state index in [2.05, 4.69) is 9.98 Å². The van der Waals surface area contributed by atoms with E-state index in [9.17, 15) is 0 Å². The molecule has 11 heavy (non-hydrogen) atoms. The summed E-state index contributed by atoms with van der Waals surface area (Å²) in [6.07, 6.45) is 1.53. The molecule has 0 heterocycles. The van der Waals surface area contributed by atoms with E-state index in [1.54, 1.807) is 20.9 Å². The first-order valence-corrected chi connectivity index (χ1v) is 2.92. The van der Waals surface area contributed by atoms with Gasteiger partial charge in [0.2, 0.25) is 6.19 Å². The Bertz CT molecular complexity index is 178. The van der Waals surface area contributed by atoms with Crippen molar-refractivity contribution < 1.29 is 0 Å². The van der Waals surface area contributed by atoms with Crippen LogP contribution in [0.4, 0.5) is 0 Å². The summed E-state index contributed by atoms with van der Waals surface area (Å²) in [6.45, 7) is 3.31. The van der Waals surface area contributed by atoms with Crippen LogP contribution in [-0.4, -0.2) is 18.7 Å². The SMILES string of the molecule is CC(N)=NC#N.CN=C(C)N. The van der Waals surface area contributed by atoms with Crippen molar-refractivity contribution in [2.24, 2.45) is 21.5 Å². The normalized spacial score (nSPS) is 11.1. The van der Waals surface area contributed by atoms with Gasteiger partial charge in [0.15, 0.2) is 0 Å². The van der Waals surface area contributed by atoms with Crippen LogP contribution in [0.3, 0.4) is 0 Å². The molecule has 0 aliphatic heterocycles. The molecule has 0 unspecified atom stereocenters. The van der Waals surface area contributed by atoms with Crippen molar-refractivity contribution >= 4 is 11.7 Å². The lowest BCUT2D eigenvalue weighted by atomic mass is 10.7. The highest BCUT2D eigenvalue weighted by Crippen LogP contribution is 1.58. The second-order valence-corrected chi connectivity index (χ2v) is 1.72. The minimum Gasteiger partial charge on any atom is -0.388 e. The number of hydrogen-bond donors (Lipinski definition) is 2. The van der Waals surface area contributed by atoms with Gasteiger partial charge in [-0.15, -0.1) is 0 Å². The van der Waals surface area contributed by atoms with Crippen molar-refractivity contribution in [3.63, 3.8) is 0 Å². The minimum absolute atomic E-state index is 0.303. The molecule has 0 aliphatic carbocycles. The average Bonchev–Trinajstić information content (AvgIpc) is 1.89. The van der Waals surface area contributed by atoms with E-state index in [-0.39, 0.29) is 0 Å². The molecule has 0 aliphatic rings. The van der Waals surface area contributed by atoms with Gasteiger partial charge in [-0.05, 0) is 13.8 Å². The van der Waals surface area contributed by atoms with Gasteiger partial charge >= 0.3 is 0 Å². The van der Waals surface area contributed by atoms with Crippen molar-refractivity contribution in [3.8, 4) is 6.19 Å². The summed E-state index contributed by atoms with van der Waals surface area (Å²) < 4.78 is 0. The number of nitrogens with two attached hydrogens (primary N) is 2. The fourth-order valence-electron chi connectivity index (χ4n) is 0.0789. The maximum absolute atomic E-state index is 7.72. The van der Waals surface area contributed by atoms with E-state index in [4.69, 9.17) is 16.7 Å². The van der Waals surface area contributed by atoms with E-state index in [1.165, 1.54) is 6.19 Å². The summed E-state index contributed by atoms with van der Waals surface area (Å²) in [5.41, 5.74) is 9.97. The predicted molar refractivity (Wildman–Crippen MR) is 46.1 cm³/mol. The molecule has 62 valence electrons. The standard InChI is InChI=1S/C3H5N3.C3H8N2/c1-3(5)6-2-4;1-3(4)5-2/h1H3,(H2,5,6);1-2H3,(H2,4,5). The number of hydrogen-bond acceptors (Lipinski definition) is 3. The smallest absolute Gasteiger partial charge is 0.207 e. The van der Waals surface area contributed by atoms with Crippen LogP contribution in [0.1, 0.15) is 13.8 Å². The lowest BCUT2D eigenvalue weighted by Crippen LogP contribution is -2.03. The van der Waals surface area contributed by atoms with Gasteiger partial charge in [0.25, 0.3) is 0 Å². The third-order valence-corrected chi connectivity index (χ3v) is 0.579. The van der Waals surface area contributed by atoms with Gasteiger partial charge in [0, 0.05) is 7.05 Å². The number of nitrogens with zero attached hydrogens (tertiary/aromatic N) is 3. The lowest BCUT2D eigenvalue weighted by Gasteiger charge is -1.76. The molecule has 0 aromatic heterocycles. The summed E-state index contributed by atoms with van der Waals surface area (Å²) in [4.78, 5) is 6.71. The van der Waals surface area contributed by atoms with Crippen molar-refractivity contribution in [2.45, 2.75) is 13.8 Å². The molecule has 0 saturated heterocycles. The van der Waals surface area contributed by atoms with E-state index < -0.39 is 0 Å². The zero-order valence-corrected chi connectivity index (χ0v) is 7.00. The Balaban J connectivity index is 0. The largest absolute Gasteiger partial charge is 0.388 e. The summed E-state index contributed by atoms with van der Waals surface area (Å²) in [5.74, 6) is 0.933. The first kappa shape index (κ1) is 12.1. The minimum atomic E-state index is 0.303. The molecule has 0 atom stereocenters. The van der Waals surface area contributed by atoms with Crippen molar-refractivity contribution in [1.29, 1.82) is 5.26 Å². The highest BCUT2D eigenvalue weighted by atomic mass is 14.8. The predicted octanol–water partition coefficient (Wildman–Crippen LogP) is -0.162. The number of aliphatic imine (C=N–C) groups is 2. The maximum Gasteiger partial charge on any atom is 0.207 e. The molecule has 0 aromatic carbocycles. The molecule has 0 aromatic rings. The third kappa shape index (κ3) is 29.6. The van der Waals surface area contributed by atoms with Gasteiger partial charge in [-0.25, -0.2) is 0 Å². The van der Waals surface area contributed by atoms with Crippen molar-refractivity contribution in [3.05, 3.63) is 0 Å². The van der Waals surface area contributed by atoms with Crippen LogP contribution in [0, 0.1) is 11.5 Å². The van der Waals surface area contributed by atoms with Crippen LogP contribution in [0.5, 0.6) is 0 Å². The Hall–Kier alpha value is -1.57. The monoisotopic (exact) mass is 155 g/mol. The quantitative estimate of drug-likeness (QED) is 0.288. The van der Waals surface area contributed by atoms with Gasteiger partial charge < -0.3 is 11.5 Å². The number of amidine groups is 2. The van der Waals surface area contributed by atoms with Gasteiger partial charge in [-0.3, -0.25) is 4.99 Å². The molecule has 0 amide bonds. The molecular weight excluding hydrogens is 142 g/mol. The Morgan fingerprint density at radius 2 is 1.64 bits per heavy atom. The summed E-state index contributed by atoms with van der Waals surface area (Å²) in [5, 5.41) is 7.72. The topological polar surface area (TPSA) is 101 Å². The van der Waals surface area contributed by atoms with Crippen LogP contribution in [0.15, 0.2) is 9.98 Å². The van der Waals surface area contributed by atoms with Gasteiger partial charge in [-0.2, -0.15) is 10.3 Å². The van der Waals surface area contributed by atoms with Gasteiger partial charge in [0.1, 0.15) is 5.84 Å². The first-order valence-electron chi connectivity index (χ1n) is 2.92. The Morgan fingerprint density at radius 3 is 1.64 bits per heavy atom. The molecule has 0 saturated carbocycles. The second-order valence-electron chi connectivity index (χ2n) is 1.72. The molecule has 0 rings (SSSR count). The van der Waals surface area contributed by atoms with E-state index in [0.717, 1.165) is 0 Å². The van der Waals surface area contributed by atoms with Gasteiger partial charge in [-0.1, -0.05) is 0 Å². The zero-order valence-electron chi connectivity index (χ0n) is 7.00. The van der Waals surface area contributed by atoms with Crippen LogP contribution in [-0.2, 0) is 0 Å². The number of nitriles is 1. The lowest BCUT2D eigenvalue weighted by molar-refractivity contribution is 1.38. The Morgan fingerprint density at radius 1 is 1.27 bits per heavy atom. The summed E-state index contributed by atoms with van der Waals surface area (Å²) in [6, 6.07) is 0. The highest BCUT2D eigenvalue weighted by molar-refractivity contribution is 5.78. The van der Waals surface area contributed by atoms with Crippen LogP contribution in [0.2, 0.25) is 0 Å². The molecular formula is C6H13N5. The maximum atomic E-state index is 7.72. The zero-order chi connectivity index (χ0) is 9.28. The fourth-order valence-corrected chi connectivity index (χ4v) is 0.0789. The Kier molecular flexibility index (Phi) is 9.30. The molecule has 0 fully saturated rings. The van der Waals surface area contributed by atoms with Gasteiger partial charge in [0.05, 0.1) is 5.84 Å². The molecule has 5 nitrogen and oxygen atoms in total. The molecule has 0 radical (unpaired) electrons. The molecule has 5 heteroatoms. The van der Waals surface area contributed by atoms with E-state index in [1.807, 2.05) is 0 Å². The third-order valence-electron chi connectivity index (χ3n) is 0.579. The Labute approximate surface area is 66.4 Å². The fraction of sp³-hybridized carbons (Fsp3) is 0.500. The average molecular weight is 155 g/mol. The van der Waals surface area contributed by atoms with Crippen molar-refractivity contribution in [1.82, 2.24) is 0 Å². The van der Waals surface area contributed by atoms with E-state index in [0.29, 0.717) is 11.7 Å². The summed E-state index contributed by atoms with van der Waals surface area (Å²) >= 11 is 0. The molecule has 4 N–H and O–H groups in total. The summed E-state index contributed by atoms with van der Waals surface area (Å²) in [7, 11) is 1.66. The van der Waals surface area contributed by atoms with Crippen LogP contribution in [0.25, 0.3) is 0 Å². The second kappa shape index (κ2) is 8.43. The van der Waals surface area contributed by atoms with Crippen LogP contribution < -0.4 is 11.5 Å². The number of rotatable bonds is 0. The molecule has 0 spiro atoms. The van der Waals surface area contributed by atoms with E-state index >= 15 is 0 Å².